The van der Waals surface area contributed by atoms with Crippen molar-refractivity contribution in [3.8, 4) is 0 Å². The van der Waals surface area contributed by atoms with Gasteiger partial charge in [0, 0.05) is 35.6 Å². The normalized spacial score (nSPS) is 36.5. The minimum absolute atomic E-state index is 0.0210. The van der Waals surface area contributed by atoms with E-state index < -0.39 is 61.4 Å². The van der Waals surface area contributed by atoms with Gasteiger partial charge in [-0.2, -0.15) is 0 Å². The molecule has 1 saturated heterocycles. The smallest absolute Gasteiger partial charge is 0.337 e. The summed E-state index contributed by atoms with van der Waals surface area (Å²) in [7, 11) is 3.44. The number of para-hydroxylation sites is 1. The van der Waals surface area contributed by atoms with E-state index in [0.29, 0.717) is 12.0 Å². The van der Waals surface area contributed by atoms with Crippen LogP contribution in [0.25, 0.3) is 10.9 Å². The number of aliphatic hydroxyl groups is 4. The zero-order chi connectivity index (χ0) is 27.8. The van der Waals surface area contributed by atoms with Crippen LogP contribution in [0.2, 0.25) is 0 Å². The minimum Gasteiger partial charge on any atom is -0.471 e. The molecular weight excluding hydrogens is 508 g/mol. The van der Waals surface area contributed by atoms with Crippen molar-refractivity contribution in [2.75, 3.05) is 27.3 Å². The summed E-state index contributed by atoms with van der Waals surface area (Å²) in [5.74, 6) is -1.50. The van der Waals surface area contributed by atoms with Gasteiger partial charge in [0.25, 0.3) is 0 Å². The van der Waals surface area contributed by atoms with Gasteiger partial charge in [-0.3, -0.25) is 0 Å². The highest BCUT2D eigenvalue weighted by molar-refractivity contribution is 5.89. The molecule has 11 heteroatoms. The van der Waals surface area contributed by atoms with Gasteiger partial charge in [-0.05, 0) is 11.6 Å². The number of fused-ring (bicyclic) bond motifs is 3. The molecule has 0 aliphatic carbocycles. The summed E-state index contributed by atoms with van der Waals surface area (Å²) in [6.45, 7) is 4.32. The predicted octanol–water partition coefficient (Wildman–Crippen LogP) is -0.682. The molecule has 212 valence electrons. The molecule has 3 aliphatic rings. The van der Waals surface area contributed by atoms with Crippen LogP contribution in [0.1, 0.15) is 23.7 Å². The highest BCUT2D eigenvalue weighted by Gasteiger charge is 2.48. The van der Waals surface area contributed by atoms with Gasteiger partial charge in [0.05, 0.1) is 44.8 Å². The van der Waals surface area contributed by atoms with Crippen molar-refractivity contribution >= 4 is 16.9 Å². The molecule has 0 bridgehead atoms. The van der Waals surface area contributed by atoms with E-state index in [2.05, 4.69) is 30.7 Å². The summed E-state index contributed by atoms with van der Waals surface area (Å²) >= 11 is 0. The van der Waals surface area contributed by atoms with E-state index in [9.17, 15) is 25.2 Å². The fourth-order valence-electron chi connectivity index (χ4n) is 6.13. The fourth-order valence-corrected chi connectivity index (χ4v) is 6.13. The Balaban J connectivity index is 1.45. The maximum absolute atomic E-state index is 12.8. The van der Waals surface area contributed by atoms with E-state index in [0.717, 1.165) is 24.2 Å². The summed E-state index contributed by atoms with van der Waals surface area (Å²) in [4.78, 5) is 17.7. The molecule has 1 aromatic heterocycles. The number of aromatic nitrogens is 1. The number of aliphatic hydroxyl groups excluding tert-OH is 4. The van der Waals surface area contributed by atoms with Gasteiger partial charge >= 0.3 is 5.97 Å². The van der Waals surface area contributed by atoms with E-state index in [4.69, 9.17) is 18.9 Å². The molecule has 2 unspecified atom stereocenters. The molecule has 1 fully saturated rings. The van der Waals surface area contributed by atoms with Crippen LogP contribution in [-0.2, 0) is 30.2 Å². The molecule has 3 aliphatic heterocycles. The number of likely N-dealkylation sites (N-methyl/N-ethyl adjacent to an activating group) is 1. The molecule has 0 amide bonds. The highest BCUT2D eigenvalue weighted by Crippen LogP contribution is 2.41. The number of ether oxygens (including phenoxy) is 4. The molecular formula is C28H37N2O9+. The summed E-state index contributed by atoms with van der Waals surface area (Å²) in [5.41, 5.74) is 3.82. The second-order valence-corrected chi connectivity index (χ2v) is 10.5. The standard InChI is InChI=1S/C28H36N2O9/c1-4-14-17(11-20-22-16(9-10-30(20)2)15-7-5-6-8-19(15)29-22)18(26(35)36-3)13-37-27(14)39-28-25(34)24(33)23(32)21(12-31)38-28/h4-8,13-14,17,20-21,23-25,27-29,31-34H,1,9-12H2,2-3H3/p+1/t14-,17+,20?,21-,23-,24+,25-,27+,28+/m1/s1. The predicted molar refractivity (Wildman–Crippen MR) is 138 cm³/mol. The lowest BCUT2D eigenvalue weighted by Gasteiger charge is -2.43. The zero-order valence-corrected chi connectivity index (χ0v) is 22.0. The molecule has 0 radical (unpaired) electrons. The first-order chi connectivity index (χ1) is 18.8. The van der Waals surface area contributed by atoms with Gasteiger partial charge in [0.15, 0.2) is 6.29 Å². The van der Waals surface area contributed by atoms with Gasteiger partial charge in [-0.1, -0.05) is 24.3 Å². The summed E-state index contributed by atoms with van der Waals surface area (Å²) < 4.78 is 22.4. The molecule has 0 saturated carbocycles. The molecule has 11 nitrogen and oxygen atoms in total. The third kappa shape index (κ3) is 5.00. The van der Waals surface area contributed by atoms with Gasteiger partial charge in [0.2, 0.25) is 6.29 Å². The molecule has 2 aromatic rings. The minimum atomic E-state index is -1.59. The molecule has 10 atom stereocenters. The van der Waals surface area contributed by atoms with Crippen LogP contribution < -0.4 is 4.90 Å². The maximum Gasteiger partial charge on any atom is 0.337 e. The number of carbonyl (C=O) groups excluding carboxylic acids is 1. The number of hydrogen-bond acceptors (Lipinski definition) is 9. The Morgan fingerprint density at radius 3 is 2.69 bits per heavy atom. The van der Waals surface area contributed by atoms with Crippen molar-refractivity contribution in [1.29, 1.82) is 0 Å². The van der Waals surface area contributed by atoms with Crippen LogP contribution in [-0.4, -0.2) is 95.7 Å². The Bertz CT molecular complexity index is 1230. The second-order valence-electron chi connectivity index (χ2n) is 10.5. The Morgan fingerprint density at radius 1 is 1.21 bits per heavy atom. The van der Waals surface area contributed by atoms with Gasteiger partial charge in [-0.25, -0.2) is 4.79 Å². The fraction of sp³-hybridized carbons (Fsp3) is 0.536. The van der Waals surface area contributed by atoms with Crippen molar-refractivity contribution in [3.63, 3.8) is 0 Å². The van der Waals surface area contributed by atoms with Gasteiger partial charge in [0.1, 0.15) is 30.5 Å². The third-order valence-electron chi connectivity index (χ3n) is 8.37. The maximum atomic E-state index is 12.8. The second kappa shape index (κ2) is 11.4. The number of quaternary nitrogens is 1. The number of esters is 1. The number of H-pyrrole nitrogens is 1. The molecule has 0 spiro atoms. The number of methoxy groups -OCH3 is 1. The van der Waals surface area contributed by atoms with Crippen molar-refractivity contribution in [2.45, 2.75) is 55.9 Å². The molecule has 5 rings (SSSR count). The van der Waals surface area contributed by atoms with Crippen molar-refractivity contribution < 1.29 is 49.1 Å². The van der Waals surface area contributed by atoms with Gasteiger partial charge < -0.3 is 49.3 Å². The Labute approximate surface area is 226 Å². The summed E-state index contributed by atoms with van der Waals surface area (Å²) in [6, 6.07) is 8.23. The first-order valence-corrected chi connectivity index (χ1v) is 13.2. The van der Waals surface area contributed by atoms with Crippen LogP contribution in [0, 0.1) is 11.8 Å². The average molecular weight is 546 g/mol. The van der Waals surface area contributed by atoms with Crippen LogP contribution in [0.4, 0.5) is 0 Å². The Hall–Kier alpha value is -2.77. The first-order valence-electron chi connectivity index (χ1n) is 13.2. The van der Waals surface area contributed by atoms with Crippen molar-refractivity contribution in [1.82, 2.24) is 4.98 Å². The number of nitrogens with one attached hydrogen (secondary N) is 2. The monoisotopic (exact) mass is 545 g/mol. The van der Waals surface area contributed by atoms with E-state index in [1.807, 2.05) is 12.1 Å². The quantitative estimate of drug-likeness (QED) is 0.196. The Morgan fingerprint density at radius 2 is 1.97 bits per heavy atom. The molecule has 6 N–H and O–H groups in total. The number of rotatable bonds is 7. The molecule has 1 aromatic carbocycles. The molecule has 39 heavy (non-hydrogen) atoms. The van der Waals surface area contributed by atoms with E-state index in [-0.39, 0.29) is 6.04 Å². The van der Waals surface area contributed by atoms with E-state index >= 15 is 0 Å². The zero-order valence-electron chi connectivity index (χ0n) is 22.0. The first kappa shape index (κ1) is 27.8. The number of aromatic amines is 1. The largest absolute Gasteiger partial charge is 0.471 e. The topological polar surface area (TPSA) is 155 Å². The van der Waals surface area contributed by atoms with Crippen molar-refractivity contribution in [2.24, 2.45) is 11.8 Å². The number of carbonyl (C=O) groups is 1. The van der Waals surface area contributed by atoms with Crippen LogP contribution in [0.15, 0.2) is 48.8 Å². The van der Waals surface area contributed by atoms with Crippen LogP contribution >= 0.6 is 0 Å². The Kier molecular flexibility index (Phi) is 8.11. The van der Waals surface area contributed by atoms with Crippen molar-refractivity contribution in [3.05, 3.63) is 60.0 Å². The van der Waals surface area contributed by atoms with Crippen LogP contribution in [0.3, 0.4) is 0 Å². The third-order valence-corrected chi connectivity index (χ3v) is 8.37. The van der Waals surface area contributed by atoms with Crippen LogP contribution in [0.5, 0.6) is 0 Å². The molecule has 4 heterocycles. The lowest BCUT2D eigenvalue weighted by molar-refractivity contribution is -0.915. The highest BCUT2D eigenvalue weighted by atomic mass is 16.8. The number of benzene rings is 1. The average Bonchev–Trinajstić information content (AvgIpc) is 3.33. The number of hydrogen-bond donors (Lipinski definition) is 6. The van der Waals surface area contributed by atoms with E-state index in [1.54, 1.807) is 6.08 Å². The van der Waals surface area contributed by atoms with Gasteiger partial charge in [-0.15, -0.1) is 6.58 Å². The lowest BCUT2D eigenvalue weighted by atomic mass is 9.78. The summed E-state index contributed by atoms with van der Waals surface area (Å²) in [6.07, 6.45) is -3.83. The van der Waals surface area contributed by atoms with E-state index in [1.165, 1.54) is 29.2 Å². The summed E-state index contributed by atoms with van der Waals surface area (Å²) in [5, 5.41) is 41.6. The lowest BCUT2D eigenvalue weighted by Crippen LogP contribution is -3.10. The SMILES string of the molecule is C=C[C@H]1[C@H](O[C@@H]2O[C@H](CO)[C@@H](O)[C@H](O)[C@H]2O)OC=C(C(=O)OC)[C@H]1CC1c2[nH]c3ccccc3c2CC[NH+]1C.